The average Bonchev–Trinajstić information content (AvgIpc) is 2.35. The lowest BCUT2D eigenvalue weighted by Gasteiger charge is -2.13. The lowest BCUT2D eigenvalue weighted by Crippen LogP contribution is -2.28. The van der Waals surface area contributed by atoms with Gasteiger partial charge in [0.1, 0.15) is 16.2 Å². The minimum absolute atomic E-state index is 0.549. The zero-order valence-corrected chi connectivity index (χ0v) is 7.97. The summed E-state index contributed by atoms with van der Waals surface area (Å²) in [5.41, 5.74) is -0.925. The molecule has 66 valence electrons. The van der Waals surface area contributed by atoms with Crippen LogP contribution >= 0.6 is 11.5 Å². The highest BCUT2D eigenvalue weighted by molar-refractivity contribution is 7.05. The number of carboxylic acid groups (broad SMARTS) is 1. The maximum absolute atomic E-state index is 10.8. The van der Waals surface area contributed by atoms with E-state index in [0.29, 0.717) is 10.8 Å². The molecule has 0 aliphatic carbocycles. The molecule has 5 heteroatoms. The van der Waals surface area contributed by atoms with Crippen LogP contribution in [0.3, 0.4) is 0 Å². The molecule has 0 aromatic carbocycles. The lowest BCUT2D eigenvalue weighted by atomic mass is 9.95. The molecule has 0 fully saturated rings. The van der Waals surface area contributed by atoms with Crippen molar-refractivity contribution < 1.29 is 9.90 Å². The summed E-state index contributed by atoms with van der Waals surface area (Å²) < 4.78 is 3.93. The van der Waals surface area contributed by atoms with Crippen LogP contribution in [-0.2, 0) is 10.2 Å². The molecule has 1 N–H and O–H groups in total. The summed E-state index contributed by atoms with van der Waals surface area (Å²) >= 11 is 1.14. The van der Waals surface area contributed by atoms with Crippen molar-refractivity contribution in [1.29, 1.82) is 0 Å². The molecule has 0 radical (unpaired) electrons. The van der Waals surface area contributed by atoms with Crippen molar-refractivity contribution in [2.24, 2.45) is 0 Å². The van der Waals surface area contributed by atoms with Crippen LogP contribution in [0.25, 0.3) is 0 Å². The minimum Gasteiger partial charge on any atom is -0.481 e. The van der Waals surface area contributed by atoms with E-state index >= 15 is 0 Å². The zero-order chi connectivity index (χ0) is 9.35. The number of aliphatic carboxylic acids is 1. The van der Waals surface area contributed by atoms with Crippen LogP contribution in [0.4, 0.5) is 0 Å². The first-order valence-electron chi connectivity index (χ1n) is 3.49. The van der Waals surface area contributed by atoms with Gasteiger partial charge in [-0.15, -0.1) is 0 Å². The third-order valence-corrected chi connectivity index (χ3v) is 2.73. The third-order valence-electron chi connectivity index (χ3n) is 1.60. The molecule has 0 saturated heterocycles. The highest BCUT2D eigenvalue weighted by Crippen LogP contribution is 2.24. The van der Waals surface area contributed by atoms with E-state index in [4.69, 9.17) is 5.11 Å². The molecule has 0 aliphatic heterocycles. The Hall–Kier alpha value is -0.970. The van der Waals surface area contributed by atoms with E-state index in [-0.39, 0.29) is 0 Å². The van der Waals surface area contributed by atoms with Gasteiger partial charge in [-0.05, 0) is 32.3 Å². The molecule has 12 heavy (non-hydrogen) atoms. The maximum atomic E-state index is 10.8. The van der Waals surface area contributed by atoms with Crippen LogP contribution in [-0.4, -0.2) is 20.4 Å². The SMILES string of the molecule is Cc1nsc(C(C)(C)C(=O)O)n1. The van der Waals surface area contributed by atoms with E-state index in [9.17, 15) is 4.79 Å². The summed E-state index contributed by atoms with van der Waals surface area (Å²) in [5.74, 6) is -0.247. The molecule has 0 bridgehead atoms. The fourth-order valence-electron chi connectivity index (χ4n) is 0.642. The first kappa shape index (κ1) is 9.12. The molecule has 1 aromatic heterocycles. The van der Waals surface area contributed by atoms with Crippen LogP contribution in [0, 0.1) is 6.92 Å². The lowest BCUT2D eigenvalue weighted by molar-refractivity contribution is -0.142. The number of hydrogen-bond donors (Lipinski definition) is 1. The van der Waals surface area contributed by atoms with Crippen molar-refractivity contribution in [3.63, 3.8) is 0 Å². The molecular formula is C7H10N2O2S. The minimum atomic E-state index is -0.925. The fourth-order valence-corrected chi connectivity index (χ4v) is 1.39. The number of aryl methyl sites for hydroxylation is 1. The molecule has 0 aliphatic rings. The van der Waals surface area contributed by atoms with Crippen LogP contribution in [0.1, 0.15) is 24.7 Å². The molecule has 0 atom stereocenters. The van der Waals surface area contributed by atoms with Crippen molar-refractivity contribution in [1.82, 2.24) is 9.36 Å². The number of nitrogens with zero attached hydrogens (tertiary/aromatic N) is 2. The van der Waals surface area contributed by atoms with Crippen molar-refractivity contribution >= 4 is 17.5 Å². The van der Waals surface area contributed by atoms with Crippen LogP contribution in [0.15, 0.2) is 0 Å². The Kier molecular flexibility index (Phi) is 2.14. The molecular weight excluding hydrogens is 176 g/mol. The van der Waals surface area contributed by atoms with E-state index in [1.54, 1.807) is 20.8 Å². The summed E-state index contributed by atoms with van der Waals surface area (Å²) in [6, 6.07) is 0. The Morgan fingerprint density at radius 1 is 1.58 bits per heavy atom. The normalized spacial score (nSPS) is 11.6. The largest absolute Gasteiger partial charge is 0.481 e. The van der Waals surface area contributed by atoms with E-state index in [0.717, 1.165) is 11.5 Å². The second-order valence-electron chi connectivity index (χ2n) is 3.08. The Labute approximate surface area is 74.4 Å². The Morgan fingerprint density at radius 3 is 2.50 bits per heavy atom. The smallest absolute Gasteiger partial charge is 0.316 e. The van der Waals surface area contributed by atoms with E-state index in [1.807, 2.05) is 0 Å². The van der Waals surface area contributed by atoms with Gasteiger partial charge in [0.2, 0.25) is 0 Å². The fraction of sp³-hybridized carbons (Fsp3) is 0.571. The predicted molar refractivity (Wildman–Crippen MR) is 45.3 cm³/mol. The van der Waals surface area contributed by atoms with Crippen molar-refractivity contribution in [3.8, 4) is 0 Å². The molecule has 0 spiro atoms. The van der Waals surface area contributed by atoms with Crippen LogP contribution in [0.5, 0.6) is 0 Å². The predicted octanol–water partition coefficient (Wildman–Crippen LogP) is 1.21. The van der Waals surface area contributed by atoms with Gasteiger partial charge >= 0.3 is 5.97 Å². The Balaban J connectivity index is 3.05. The van der Waals surface area contributed by atoms with Gasteiger partial charge < -0.3 is 5.11 Å². The summed E-state index contributed by atoms with van der Waals surface area (Å²) in [4.78, 5) is 14.8. The van der Waals surface area contributed by atoms with Crippen molar-refractivity contribution in [2.75, 3.05) is 0 Å². The first-order valence-corrected chi connectivity index (χ1v) is 4.26. The van der Waals surface area contributed by atoms with Gasteiger partial charge in [-0.25, -0.2) is 4.98 Å². The van der Waals surface area contributed by atoms with Gasteiger partial charge in [-0.2, -0.15) is 4.37 Å². The summed E-state index contributed by atoms with van der Waals surface area (Å²) in [6.07, 6.45) is 0. The Morgan fingerprint density at radius 2 is 2.17 bits per heavy atom. The highest BCUT2D eigenvalue weighted by Gasteiger charge is 2.33. The number of hydrogen-bond acceptors (Lipinski definition) is 4. The van der Waals surface area contributed by atoms with Gasteiger partial charge in [-0.1, -0.05) is 0 Å². The molecule has 0 amide bonds. The number of carboxylic acids is 1. The van der Waals surface area contributed by atoms with Crippen LogP contribution < -0.4 is 0 Å². The average molecular weight is 186 g/mol. The molecule has 1 rings (SSSR count). The van der Waals surface area contributed by atoms with Gasteiger partial charge in [0.15, 0.2) is 0 Å². The second kappa shape index (κ2) is 2.82. The molecule has 4 nitrogen and oxygen atoms in total. The molecule has 1 heterocycles. The second-order valence-corrected chi connectivity index (χ2v) is 3.83. The topological polar surface area (TPSA) is 63.1 Å². The standard InChI is InChI=1S/C7H10N2O2S/c1-4-8-5(12-9-4)7(2,3)6(10)11/h1-3H3,(H,10,11). The number of rotatable bonds is 2. The van der Waals surface area contributed by atoms with Crippen molar-refractivity contribution in [3.05, 3.63) is 10.8 Å². The molecule has 0 unspecified atom stereocenters. The first-order chi connectivity index (χ1) is 5.44. The van der Waals surface area contributed by atoms with Gasteiger partial charge in [0.25, 0.3) is 0 Å². The molecule has 1 aromatic rings. The van der Waals surface area contributed by atoms with Gasteiger partial charge in [0, 0.05) is 0 Å². The Bertz CT molecular complexity index is 306. The number of aromatic nitrogens is 2. The zero-order valence-electron chi connectivity index (χ0n) is 7.16. The summed E-state index contributed by atoms with van der Waals surface area (Å²) in [6.45, 7) is 4.99. The van der Waals surface area contributed by atoms with E-state index < -0.39 is 11.4 Å². The van der Waals surface area contributed by atoms with Gasteiger partial charge in [-0.3, -0.25) is 4.79 Å². The van der Waals surface area contributed by atoms with Gasteiger partial charge in [0.05, 0.1) is 0 Å². The van der Waals surface area contributed by atoms with Crippen LogP contribution in [0.2, 0.25) is 0 Å². The monoisotopic (exact) mass is 186 g/mol. The highest BCUT2D eigenvalue weighted by atomic mass is 32.1. The number of carbonyl (C=O) groups is 1. The van der Waals surface area contributed by atoms with E-state index in [2.05, 4.69) is 9.36 Å². The molecule has 0 saturated carbocycles. The summed E-state index contributed by atoms with van der Waals surface area (Å²) in [5, 5.41) is 9.39. The third kappa shape index (κ3) is 1.45. The summed E-state index contributed by atoms with van der Waals surface area (Å²) in [7, 11) is 0. The van der Waals surface area contributed by atoms with E-state index in [1.165, 1.54) is 0 Å². The van der Waals surface area contributed by atoms with Crippen molar-refractivity contribution in [2.45, 2.75) is 26.2 Å². The quantitative estimate of drug-likeness (QED) is 0.754. The maximum Gasteiger partial charge on any atom is 0.316 e.